The second-order valence-electron chi connectivity index (χ2n) is 7.39. The van der Waals surface area contributed by atoms with Gasteiger partial charge in [-0.1, -0.05) is 32.0 Å². The highest BCUT2D eigenvalue weighted by molar-refractivity contribution is 5.83. The predicted molar refractivity (Wildman–Crippen MR) is 95.6 cm³/mol. The number of aryl methyl sites for hydroxylation is 2. The SMILES string of the molecule is COc1ccccc1CC(C)(C)C(=O)N1CC(n2nc(C)nc2C)C1. The lowest BCUT2D eigenvalue weighted by atomic mass is 9.83. The molecule has 2 heterocycles. The molecular formula is C19H26N4O2. The van der Waals surface area contributed by atoms with E-state index in [0.29, 0.717) is 19.5 Å². The lowest BCUT2D eigenvalue weighted by molar-refractivity contribution is -0.146. The summed E-state index contributed by atoms with van der Waals surface area (Å²) in [7, 11) is 1.66. The molecule has 1 saturated heterocycles. The number of rotatable bonds is 5. The van der Waals surface area contributed by atoms with Gasteiger partial charge in [-0.05, 0) is 31.9 Å². The number of aromatic nitrogens is 3. The molecule has 2 aromatic rings. The fourth-order valence-corrected chi connectivity index (χ4v) is 3.49. The largest absolute Gasteiger partial charge is 0.496 e. The molecule has 0 atom stereocenters. The van der Waals surface area contributed by atoms with Gasteiger partial charge in [0.25, 0.3) is 0 Å². The quantitative estimate of drug-likeness (QED) is 0.838. The number of benzene rings is 1. The first-order valence-electron chi connectivity index (χ1n) is 8.63. The molecule has 25 heavy (non-hydrogen) atoms. The lowest BCUT2D eigenvalue weighted by Gasteiger charge is -2.43. The molecule has 1 amide bonds. The van der Waals surface area contributed by atoms with Crippen LogP contribution in [0.15, 0.2) is 24.3 Å². The summed E-state index contributed by atoms with van der Waals surface area (Å²) in [5.41, 5.74) is 0.579. The molecular weight excluding hydrogens is 316 g/mol. The van der Waals surface area contributed by atoms with Crippen LogP contribution in [-0.4, -0.2) is 45.8 Å². The first-order valence-corrected chi connectivity index (χ1v) is 8.63. The molecule has 0 saturated carbocycles. The van der Waals surface area contributed by atoms with Crippen molar-refractivity contribution in [3.63, 3.8) is 0 Å². The molecule has 0 spiro atoms. The summed E-state index contributed by atoms with van der Waals surface area (Å²) in [5.74, 6) is 2.68. The van der Waals surface area contributed by atoms with E-state index in [1.165, 1.54) is 0 Å². The maximum Gasteiger partial charge on any atom is 0.228 e. The zero-order chi connectivity index (χ0) is 18.2. The number of amides is 1. The molecule has 0 bridgehead atoms. The van der Waals surface area contributed by atoms with E-state index in [0.717, 1.165) is 23.0 Å². The monoisotopic (exact) mass is 342 g/mol. The molecule has 0 N–H and O–H groups in total. The second kappa shape index (κ2) is 6.50. The van der Waals surface area contributed by atoms with Gasteiger partial charge in [0.05, 0.1) is 13.2 Å². The molecule has 1 aliphatic rings. The molecule has 134 valence electrons. The van der Waals surface area contributed by atoms with Gasteiger partial charge < -0.3 is 9.64 Å². The number of hydrogen-bond acceptors (Lipinski definition) is 4. The van der Waals surface area contributed by atoms with Crippen molar-refractivity contribution in [3.8, 4) is 5.75 Å². The average Bonchev–Trinajstić information content (AvgIpc) is 2.84. The molecule has 0 radical (unpaired) electrons. The minimum atomic E-state index is -0.479. The van der Waals surface area contributed by atoms with E-state index in [4.69, 9.17) is 4.74 Å². The highest BCUT2D eigenvalue weighted by atomic mass is 16.5. The number of carbonyl (C=O) groups is 1. The summed E-state index contributed by atoms with van der Waals surface area (Å²) in [6.07, 6.45) is 0.651. The fourth-order valence-electron chi connectivity index (χ4n) is 3.49. The minimum absolute atomic E-state index is 0.171. The van der Waals surface area contributed by atoms with Crippen LogP contribution in [0, 0.1) is 19.3 Å². The van der Waals surface area contributed by atoms with Gasteiger partial charge in [0.15, 0.2) is 0 Å². The number of likely N-dealkylation sites (tertiary alicyclic amines) is 1. The van der Waals surface area contributed by atoms with Crippen LogP contribution in [0.1, 0.15) is 37.1 Å². The Morgan fingerprint density at radius 2 is 1.96 bits per heavy atom. The third kappa shape index (κ3) is 3.38. The van der Waals surface area contributed by atoms with Crippen molar-refractivity contribution in [2.75, 3.05) is 20.2 Å². The Bertz CT molecular complexity index is 775. The Morgan fingerprint density at radius 1 is 1.28 bits per heavy atom. The van der Waals surface area contributed by atoms with Gasteiger partial charge in [-0.2, -0.15) is 5.10 Å². The van der Waals surface area contributed by atoms with Gasteiger partial charge >= 0.3 is 0 Å². The maximum absolute atomic E-state index is 13.0. The first kappa shape index (κ1) is 17.5. The van der Waals surface area contributed by atoms with Crippen LogP contribution in [0.2, 0.25) is 0 Å². The van der Waals surface area contributed by atoms with E-state index in [1.54, 1.807) is 7.11 Å². The Balaban J connectivity index is 1.66. The van der Waals surface area contributed by atoms with Crippen LogP contribution in [0.5, 0.6) is 5.75 Å². The van der Waals surface area contributed by atoms with Gasteiger partial charge in [0, 0.05) is 18.5 Å². The molecule has 0 unspecified atom stereocenters. The average molecular weight is 342 g/mol. The smallest absolute Gasteiger partial charge is 0.228 e. The van der Waals surface area contributed by atoms with E-state index in [9.17, 15) is 4.79 Å². The molecule has 1 aliphatic heterocycles. The topological polar surface area (TPSA) is 60.2 Å². The number of methoxy groups -OCH3 is 1. The normalized spacial score (nSPS) is 15.2. The molecule has 6 nitrogen and oxygen atoms in total. The Morgan fingerprint density at radius 3 is 2.56 bits per heavy atom. The Labute approximate surface area is 148 Å². The summed E-state index contributed by atoms with van der Waals surface area (Å²) in [5, 5.41) is 4.43. The molecule has 1 aromatic carbocycles. The van der Waals surface area contributed by atoms with E-state index >= 15 is 0 Å². The number of para-hydroxylation sites is 1. The van der Waals surface area contributed by atoms with Crippen LogP contribution in [-0.2, 0) is 11.2 Å². The van der Waals surface area contributed by atoms with E-state index in [1.807, 2.05) is 61.5 Å². The van der Waals surface area contributed by atoms with Crippen molar-refractivity contribution in [3.05, 3.63) is 41.5 Å². The third-order valence-electron chi connectivity index (χ3n) is 4.81. The van der Waals surface area contributed by atoms with Crippen LogP contribution < -0.4 is 4.74 Å². The van der Waals surface area contributed by atoms with E-state index in [-0.39, 0.29) is 11.9 Å². The summed E-state index contributed by atoms with van der Waals surface area (Å²) < 4.78 is 7.36. The Kier molecular flexibility index (Phi) is 4.54. The van der Waals surface area contributed by atoms with Crippen molar-refractivity contribution < 1.29 is 9.53 Å². The van der Waals surface area contributed by atoms with Crippen molar-refractivity contribution in [2.24, 2.45) is 5.41 Å². The maximum atomic E-state index is 13.0. The van der Waals surface area contributed by atoms with Crippen molar-refractivity contribution in [1.82, 2.24) is 19.7 Å². The summed E-state index contributed by atoms with van der Waals surface area (Å²) >= 11 is 0. The molecule has 1 fully saturated rings. The highest BCUT2D eigenvalue weighted by Gasteiger charge is 2.40. The van der Waals surface area contributed by atoms with Gasteiger partial charge in [-0.15, -0.1) is 0 Å². The van der Waals surface area contributed by atoms with Crippen LogP contribution in [0.3, 0.4) is 0 Å². The standard InChI is InChI=1S/C19H26N4O2/c1-13-20-14(2)23(21-13)16-11-22(12-16)18(24)19(3,4)10-15-8-6-7-9-17(15)25-5/h6-9,16H,10-12H2,1-5H3. The molecule has 1 aromatic heterocycles. The van der Waals surface area contributed by atoms with Gasteiger partial charge in [-0.3, -0.25) is 4.79 Å². The zero-order valence-corrected chi connectivity index (χ0v) is 15.6. The van der Waals surface area contributed by atoms with Gasteiger partial charge in [0.2, 0.25) is 5.91 Å². The number of ether oxygens (including phenoxy) is 1. The third-order valence-corrected chi connectivity index (χ3v) is 4.81. The first-order chi connectivity index (χ1) is 11.8. The number of hydrogen-bond donors (Lipinski definition) is 0. The van der Waals surface area contributed by atoms with Crippen molar-refractivity contribution in [2.45, 2.75) is 40.2 Å². The minimum Gasteiger partial charge on any atom is -0.496 e. The summed E-state index contributed by atoms with van der Waals surface area (Å²) in [6, 6.07) is 8.11. The second-order valence-corrected chi connectivity index (χ2v) is 7.39. The molecule has 3 rings (SSSR count). The van der Waals surface area contributed by atoms with Crippen molar-refractivity contribution in [1.29, 1.82) is 0 Å². The van der Waals surface area contributed by atoms with Crippen LogP contribution in [0.4, 0.5) is 0 Å². The van der Waals surface area contributed by atoms with Crippen LogP contribution in [0.25, 0.3) is 0 Å². The molecule has 6 heteroatoms. The summed E-state index contributed by atoms with van der Waals surface area (Å²) in [4.78, 5) is 19.2. The fraction of sp³-hybridized carbons (Fsp3) is 0.526. The Hall–Kier alpha value is -2.37. The lowest BCUT2D eigenvalue weighted by Crippen LogP contribution is -2.55. The summed E-state index contributed by atoms with van der Waals surface area (Å²) in [6.45, 7) is 9.23. The van der Waals surface area contributed by atoms with E-state index < -0.39 is 5.41 Å². The van der Waals surface area contributed by atoms with E-state index in [2.05, 4.69) is 10.1 Å². The predicted octanol–water partition coefficient (Wildman–Crippen LogP) is 2.56. The van der Waals surface area contributed by atoms with Gasteiger partial charge in [0.1, 0.15) is 17.4 Å². The van der Waals surface area contributed by atoms with Crippen molar-refractivity contribution >= 4 is 5.91 Å². The van der Waals surface area contributed by atoms with Crippen LogP contribution >= 0.6 is 0 Å². The number of carbonyl (C=O) groups excluding carboxylic acids is 1. The molecule has 0 aliphatic carbocycles. The zero-order valence-electron chi connectivity index (χ0n) is 15.6. The van der Waals surface area contributed by atoms with Gasteiger partial charge in [-0.25, -0.2) is 9.67 Å². The highest BCUT2D eigenvalue weighted by Crippen LogP contribution is 2.33. The number of nitrogens with zero attached hydrogens (tertiary/aromatic N) is 4.